The first kappa shape index (κ1) is 21.9. The topological polar surface area (TPSA) is 77.1 Å². The van der Waals surface area contributed by atoms with Gasteiger partial charge in [-0.2, -0.15) is 23.4 Å². The van der Waals surface area contributed by atoms with Crippen molar-refractivity contribution < 1.29 is 18.0 Å². The van der Waals surface area contributed by atoms with Crippen molar-refractivity contribution in [2.45, 2.75) is 31.5 Å². The van der Waals surface area contributed by atoms with Crippen molar-refractivity contribution in [2.75, 3.05) is 5.32 Å². The number of hydrogen-bond donors (Lipinski definition) is 1. The van der Waals surface area contributed by atoms with Gasteiger partial charge in [0.05, 0.1) is 11.0 Å². The standard InChI is InChI=1S/C21H15BrClF3N6O/c22-13-10-31(9-12-3-1-2-4-14(12)23)30-19(13)28-20(33)16-8-18-27-15(11-5-6-11)7-17(21(24,25)26)32(18)29-16/h1-4,7-8,10-11H,5-6,9H2,(H,28,30,33). The largest absolute Gasteiger partial charge is 0.433 e. The Labute approximate surface area is 198 Å². The van der Waals surface area contributed by atoms with E-state index in [-0.39, 0.29) is 23.1 Å². The molecule has 1 aliphatic carbocycles. The van der Waals surface area contributed by atoms with Crippen LogP contribution >= 0.6 is 27.5 Å². The fourth-order valence-corrected chi connectivity index (χ4v) is 4.04. The van der Waals surface area contributed by atoms with Crippen molar-refractivity contribution in [3.8, 4) is 0 Å². The molecule has 0 bridgehead atoms. The highest BCUT2D eigenvalue weighted by Crippen LogP contribution is 2.41. The Bertz CT molecular complexity index is 1380. The maximum absolute atomic E-state index is 13.6. The monoisotopic (exact) mass is 538 g/mol. The molecule has 1 aromatic carbocycles. The summed E-state index contributed by atoms with van der Waals surface area (Å²) in [5.74, 6) is -0.488. The van der Waals surface area contributed by atoms with Gasteiger partial charge in [-0.3, -0.25) is 9.48 Å². The minimum atomic E-state index is -4.63. The summed E-state index contributed by atoms with van der Waals surface area (Å²) in [6.07, 6.45) is -1.38. The van der Waals surface area contributed by atoms with Crippen molar-refractivity contribution in [1.82, 2.24) is 24.4 Å². The van der Waals surface area contributed by atoms with E-state index in [9.17, 15) is 18.0 Å². The molecule has 1 fully saturated rings. The third-order valence-electron chi connectivity index (χ3n) is 5.20. The molecule has 7 nitrogen and oxygen atoms in total. The number of fused-ring (bicyclic) bond motifs is 1. The molecule has 4 aromatic rings. The van der Waals surface area contributed by atoms with Crippen molar-refractivity contribution in [3.63, 3.8) is 0 Å². The van der Waals surface area contributed by atoms with Crippen LogP contribution in [0.4, 0.5) is 19.0 Å². The van der Waals surface area contributed by atoms with Crippen molar-refractivity contribution in [2.24, 2.45) is 0 Å². The molecule has 1 saturated carbocycles. The lowest BCUT2D eigenvalue weighted by molar-refractivity contribution is -0.142. The van der Waals surface area contributed by atoms with Crippen molar-refractivity contribution >= 4 is 44.9 Å². The van der Waals surface area contributed by atoms with Crippen LogP contribution in [0.25, 0.3) is 5.65 Å². The summed E-state index contributed by atoms with van der Waals surface area (Å²) in [4.78, 5) is 17.0. The second-order valence-corrected chi connectivity index (χ2v) is 8.97. The predicted octanol–water partition coefficient (Wildman–Crippen LogP) is 5.54. The van der Waals surface area contributed by atoms with Crippen LogP contribution in [-0.4, -0.2) is 30.3 Å². The number of hydrogen-bond acceptors (Lipinski definition) is 4. The third-order valence-corrected chi connectivity index (χ3v) is 6.15. The van der Waals surface area contributed by atoms with Crippen LogP contribution in [0, 0.1) is 0 Å². The number of alkyl halides is 3. The van der Waals surface area contributed by atoms with Gasteiger partial charge in [0.25, 0.3) is 5.91 Å². The fraction of sp³-hybridized carbons (Fsp3) is 0.238. The van der Waals surface area contributed by atoms with Gasteiger partial charge in [0, 0.05) is 28.9 Å². The second-order valence-electron chi connectivity index (χ2n) is 7.71. The summed E-state index contributed by atoms with van der Waals surface area (Å²) in [5, 5.41) is 11.3. The molecular weight excluding hydrogens is 525 g/mol. The Hall–Kier alpha value is -2.92. The van der Waals surface area contributed by atoms with Crippen LogP contribution in [0.1, 0.15) is 46.2 Å². The van der Waals surface area contributed by atoms with Crippen LogP contribution in [0.15, 0.2) is 47.1 Å². The van der Waals surface area contributed by atoms with E-state index < -0.39 is 17.8 Å². The van der Waals surface area contributed by atoms with Gasteiger partial charge in [-0.15, -0.1) is 0 Å². The zero-order chi connectivity index (χ0) is 23.3. The summed E-state index contributed by atoms with van der Waals surface area (Å²) < 4.78 is 43.5. The summed E-state index contributed by atoms with van der Waals surface area (Å²) >= 11 is 9.52. The predicted molar refractivity (Wildman–Crippen MR) is 118 cm³/mol. The molecule has 170 valence electrons. The fourth-order valence-electron chi connectivity index (χ4n) is 3.43. The van der Waals surface area contributed by atoms with E-state index in [0.717, 1.165) is 24.5 Å². The third kappa shape index (κ3) is 4.47. The highest BCUT2D eigenvalue weighted by Gasteiger charge is 2.37. The quantitative estimate of drug-likeness (QED) is 0.361. The molecule has 0 radical (unpaired) electrons. The van der Waals surface area contributed by atoms with Crippen LogP contribution in [0.3, 0.4) is 0 Å². The number of benzene rings is 1. The number of carbonyl (C=O) groups excluding carboxylic acids is 1. The first-order valence-corrected chi connectivity index (χ1v) is 11.1. The number of nitrogens with zero attached hydrogens (tertiary/aromatic N) is 5. The molecule has 5 rings (SSSR count). The lowest BCUT2D eigenvalue weighted by atomic mass is 10.2. The zero-order valence-electron chi connectivity index (χ0n) is 16.8. The zero-order valence-corrected chi connectivity index (χ0v) is 19.1. The molecule has 3 heterocycles. The van der Waals surface area contributed by atoms with Crippen molar-refractivity contribution in [3.05, 3.63) is 74.7 Å². The van der Waals surface area contributed by atoms with E-state index in [1.54, 1.807) is 16.9 Å². The molecule has 0 spiro atoms. The van der Waals surface area contributed by atoms with Crippen LogP contribution in [0.2, 0.25) is 5.02 Å². The molecule has 0 unspecified atom stereocenters. The van der Waals surface area contributed by atoms with Gasteiger partial charge in [-0.1, -0.05) is 29.8 Å². The normalized spacial score (nSPS) is 14.1. The molecule has 0 aliphatic heterocycles. The average Bonchev–Trinajstić information content (AvgIpc) is 3.42. The van der Waals surface area contributed by atoms with Gasteiger partial charge in [-0.05, 0) is 46.5 Å². The Morgan fingerprint density at radius 1 is 1.21 bits per heavy atom. The summed E-state index contributed by atoms with van der Waals surface area (Å²) in [6, 6.07) is 9.53. The molecule has 33 heavy (non-hydrogen) atoms. The highest BCUT2D eigenvalue weighted by molar-refractivity contribution is 9.10. The number of aromatic nitrogens is 5. The van der Waals surface area contributed by atoms with Gasteiger partial charge < -0.3 is 5.32 Å². The number of amides is 1. The molecule has 3 aromatic heterocycles. The van der Waals surface area contributed by atoms with Gasteiger partial charge in [0.1, 0.15) is 5.69 Å². The SMILES string of the molecule is O=C(Nc1nn(Cc2ccccc2Cl)cc1Br)c1cc2nc(C3CC3)cc(C(F)(F)F)n2n1. The molecular formula is C21H15BrClF3N6O. The lowest BCUT2D eigenvalue weighted by Crippen LogP contribution is -2.16. The second kappa shape index (κ2) is 8.14. The van der Waals surface area contributed by atoms with Crippen LogP contribution in [-0.2, 0) is 12.7 Å². The molecule has 1 N–H and O–H groups in total. The molecule has 0 atom stereocenters. The summed E-state index contributed by atoms with van der Waals surface area (Å²) in [6.45, 7) is 0.366. The number of anilines is 1. The van der Waals surface area contributed by atoms with Crippen LogP contribution < -0.4 is 5.32 Å². The number of halogens is 5. The van der Waals surface area contributed by atoms with Crippen LogP contribution in [0.5, 0.6) is 0 Å². The Kier molecular flexibility index (Phi) is 5.40. The summed E-state index contributed by atoms with van der Waals surface area (Å²) in [7, 11) is 0. The minimum absolute atomic E-state index is 0.0151. The van der Waals surface area contributed by atoms with E-state index in [0.29, 0.717) is 26.2 Å². The first-order valence-electron chi connectivity index (χ1n) is 9.94. The first-order chi connectivity index (χ1) is 15.7. The maximum atomic E-state index is 13.6. The van der Waals surface area contributed by atoms with E-state index >= 15 is 0 Å². The lowest BCUT2D eigenvalue weighted by Gasteiger charge is -2.10. The van der Waals surface area contributed by atoms with Gasteiger partial charge in [0.2, 0.25) is 0 Å². The maximum Gasteiger partial charge on any atom is 0.433 e. The number of nitrogens with one attached hydrogen (secondary N) is 1. The van der Waals surface area contributed by atoms with E-state index in [1.165, 1.54) is 6.07 Å². The average molecular weight is 540 g/mol. The van der Waals surface area contributed by atoms with Gasteiger partial charge in [0.15, 0.2) is 17.2 Å². The molecule has 1 aliphatic rings. The highest BCUT2D eigenvalue weighted by atomic mass is 79.9. The van der Waals surface area contributed by atoms with E-state index in [2.05, 4.69) is 36.4 Å². The molecule has 1 amide bonds. The summed E-state index contributed by atoms with van der Waals surface area (Å²) in [5.41, 5.74) is 0.0136. The number of rotatable bonds is 5. The van der Waals surface area contributed by atoms with E-state index in [4.69, 9.17) is 11.6 Å². The van der Waals surface area contributed by atoms with Crippen molar-refractivity contribution in [1.29, 1.82) is 0 Å². The number of carbonyl (C=O) groups is 1. The van der Waals surface area contributed by atoms with Gasteiger partial charge >= 0.3 is 6.18 Å². The van der Waals surface area contributed by atoms with Gasteiger partial charge in [-0.25, -0.2) is 9.50 Å². The van der Waals surface area contributed by atoms with E-state index in [1.807, 2.05) is 18.2 Å². The smallest absolute Gasteiger partial charge is 0.303 e. The Morgan fingerprint density at radius 3 is 2.67 bits per heavy atom. The molecule has 12 heteroatoms. The Morgan fingerprint density at radius 2 is 1.97 bits per heavy atom. The molecule has 0 saturated heterocycles. The Balaban J connectivity index is 1.42. The minimum Gasteiger partial charge on any atom is -0.303 e.